The monoisotopic (exact) mass is 317 g/mol. The first kappa shape index (κ1) is 16.7. The number of hydrogen-bond donors (Lipinski definition) is 1. The summed E-state index contributed by atoms with van der Waals surface area (Å²) in [5.41, 5.74) is 0.218. The Hall–Kier alpha value is -0.620. The first-order chi connectivity index (χ1) is 9.65. The molecule has 0 radical (unpaired) electrons. The van der Waals surface area contributed by atoms with E-state index in [0.717, 1.165) is 12.8 Å². The van der Waals surface area contributed by atoms with Crippen molar-refractivity contribution in [1.82, 2.24) is 5.32 Å². The van der Waals surface area contributed by atoms with Gasteiger partial charge in [-0.3, -0.25) is 4.79 Å². The average Bonchev–Trinajstić information content (AvgIpc) is 2.63. The number of carbonyl (C=O) groups is 1. The van der Waals surface area contributed by atoms with E-state index in [1.165, 1.54) is 6.42 Å². The molecule has 0 aromatic heterocycles. The maximum Gasteiger partial charge on any atom is 0.320 e. The smallest absolute Gasteiger partial charge is 0.320 e. The molecular formula is C15H27NO4S. The molecule has 6 heteroatoms. The Morgan fingerprint density at radius 2 is 2.05 bits per heavy atom. The Kier molecular flexibility index (Phi) is 4.98. The van der Waals surface area contributed by atoms with Crippen molar-refractivity contribution < 1.29 is 17.9 Å². The Bertz CT molecular complexity index is 486. The van der Waals surface area contributed by atoms with Crippen molar-refractivity contribution in [2.24, 2.45) is 11.3 Å². The van der Waals surface area contributed by atoms with Crippen LogP contribution in [0.5, 0.6) is 0 Å². The van der Waals surface area contributed by atoms with Gasteiger partial charge in [0, 0.05) is 6.04 Å². The molecule has 1 N–H and O–H groups in total. The van der Waals surface area contributed by atoms with E-state index in [4.69, 9.17) is 4.74 Å². The van der Waals surface area contributed by atoms with Gasteiger partial charge in [-0.25, -0.2) is 8.42 Å². The molecule has 0 aromatic rings. The maximum absolute atomic E-state index is 11.9. The minimum atomic E-state index is -2.91. The number of esters is 1. The van der Waals surface area contributed by atoms with Gasteiger partial charge in [-0.1, -0.05) is 20.8 Å². The molecule has 2 fully saturated rings. The third-order valence-corrected chi connectivity index (χ3v) is 6.18. The van der Waals surface area contributed by atoms with Crippen LogP contribution in [0.15, 0.2) is 0 Å². The molecule has 2 aliphatic rings. The molecule has 1 saturated carbocycles. The van der Waals surface area contributed by atoms with Gasteiger partial charge in [0.2, 0.25) is 0 Å². The van der Waals surface area contributed by atoms with Crippen LogP contribution in [0.3, 0.4) is 0 Å². The van der Waals surface area contributed by atoms with E-state index in [2.05, 4.69) is 26.1 Å². The predicted molar refractivity (Wildman–Crippen MR) is 81.7 cm³/mol. The second-order valence-corrected chi connectivity index (χ2v) is 9.73. The van der Waals surface area contributed by atoms with Gasteiger partial charge >= 0.3 is 5.97 Å². The van der Waals surface area contributed by atoms with E-state index >= 15 is 0 Å². The Morgan fingerprint density at radius 3 is 2.62 bits per heavy atom. The lowest BCUT2D eigenvalue weighted by Crippen LogP contribution is -2.39. The van der Waals surface area contributed by atoms with Crippen molar-refractivity contribution in [1.29, 1.82) is 0 Å². The van der Waals surface area contributed by atoms with E-state index < -0.39 is 9.84 Å². The van der Waals surface area contributed by atoms with Gasteiger partial charge in [0.05, 0.1) is 18.1 Å². The molecule has 1 aliphatic carbocycles. The van der Waals surface area contributed by atoms with Crippen molar-refractivity contribution >= 4 is 15.8 Å². The molecular weight excluding hydrogens is 290 g/mol. The summed E-state index contributed by atoms with van der Waals surface area (Å²) in [7, 11) is -2.91. The van der Waals surface area contributed by atoms with Crippen molar-refractivity contribution in [3.63, 3.8) is 0 Å². The maximum atomic E-state index is 11.9. The van der Waals surface area contributed by atoms with Crippen LogP contribution < -0.4 is 5.32 Å². The zero-order valence-corrected chi connectivity index (χ0v) is 14.0. The summed E-state index contributed by atoms with van der Waals surface area (Å²) >= 11 is 0. The minimum Gasteiger partial charge on any atom is -0.461 e. The predicted octanol–water partition coefficient (Wildman–Crippen LogP) is 1.52. The third kappa shape index (κ3) is 5.25. The molecule has 3 unspecified atom stereocenters. The van der Waals surface area contributed by atoms with Gasteiger partial charge < -0.3 is 10.1 Å². The minimum absolute atomic E-state index is 0.00893. The average molecular weight is 317 g/mol. The Balaban J connectivity index is 1.74. The molecule has 5 nitrogen and oxygen atoms in total. The number of sulfone groups is 1. The van der Waals surface area contributed by atoms with E-state index in [0.29, 0.717) is 12.3 Å². The molecule has 122 valence electrons. The summed E-state index contributed by atoms with van der Waals surface area (Å²) in [6.45, 7) is 6.73. The summed E-state index contributed by atoms with van der Waals surface area (Å²) in [5, 5.41) is 3.00. The standard InChI is InChI=1S/C15H27NO4S/c1-11-6-13(8-15(2,3)7-11)20-14(17)9-16-12-4-5-21(18,19)10-12/h11-13,16H,4-10H2,1-3H3. The molecule has 0 aromatic carbocycles. The fraction of sp³-hybridized carbons (Fsp3) is 0.933. The molecule has 0 spiro atoms. The van der Waals surface area contributed by atoms with Crippen LogP contribution in [0.1, 0.15) is 46.5 Å². The SMILES string of the molecule is CC1CC(OC(=O)CNC2CCS(=O)(=O)C2)CC(C)(C)C1. The lowest BCUT2D eigenvalue weighted by Gasteiger charge is -2.38. The number of carbonyl (C=O) groups excluding carboxylic acids is 1. The van der Waals surface area contributed by atoms with Crippen molar-refractivity contribution in [2.45, 2.75) is 58.6 Å². The number of rotatable bonds is 4. The van der Waals surface area contributed by atoms with Crippen LogP contribution in [0.25, 0.3) is 0 Å². The molecule has 3 atom stereocenters. The van der Waals surface area contributed by atoms with E-state index in [9.17, 15) is 13.2 Å². The second kappa shape index (κ2) is 6.24. The summed E-state index contributed by atoms with van der Waals surface area (Å²) in [5.74, 6) is 0.649. The Labute approximate surface area is 127 Å². The highest BCUT2D eigenvalue weighted by molar-refractivity contribution is 7.91. The van der Waals surface area contributed by atoms with E-state index in [1.54, 1.807) is 0 Å². The molecule has 1 heterocycles. The zero-order valence-electron chi connectivity index (χ0n) is 13.2. The number of hydrogen-bond acceptors (Lipinski definition) is 5. The zero-order chi connectivity index (χ0) is 15.7. The highest BCUT2D eigenvalue weighted by Crippen LogP contribution is 2.39. The summed E-state index contributed by atoms with van der Waals surface area (Å²) in [4.78, 5) is 11.9. The quantitative estimate of drug-likeness (QED) is 0.796. The fourth-order valence-corrected chi connectivity index (χ4v) is 5.47. The fourth-order valence-electron chi connectivity index (χ4n) is 3.76. The van der Waals surface area contributed by atoms with Crippen LogP contribution in [-0.2, 0) is 19.4 Å². The second-order valence-electron chi connectivity index (χ2n) is 7.51. The number of ether oxygens (including phenoxy) is 1. The first-order valence-corrected chi connectivity index (χ1v) is 9.61. The third-order valence-electron chi connectivity index (χ3n) is 4.41. The molecule has 1 aliphatic heterocycles. The normalized spacial score (nSPS) is 34.5. The van der Waals surface area contributed by atoms with Crippen molar-refractivity contribution in [3.8, 4) is 0 Å². The van der Waals surface area contributed by atoms with E-state index in [-0.39, 0.29) is 41.6 Å². The van der Waals surface area contributed by atoms with E-state index in [1.807, 2.05) is 0 Å². The van der Waals surface area contributed by atoms with Gasteiger partial charge in [-0.05, 0) is 37.0 Å². The van der Waals surface area contributed by atoms with Gasteiger partial charge in [0.25, 0.3) is 0 Å². The molecule has 0 amide bonds. The van der Waals surface area contributed by atoms with Gasteiger partial charge in [0.1, 0.15) is 6.10 Å². The lowest BCUT2D eigenvalue weighted by molar-refractivity contribution is -0.152. The number of nitrogens with one attached hydrogen (secondary N) is 1. The first-order valence-electron chi connectivity index (χ1n) is 7.78. The van der Waals surface area contributed by atoms with Crippen LogP contribution in [0, 0.1) is 11.3 Å². The van der Waals surface area contributed by atoms with Gasteiger partial charge in [-0.15, -0.1) is 0 Å². The molecule has 2 rings (SSSR count). The topological polar surface area (TPSA) is 72.5 Å². The molecule has 21 heavy (non-hydrogen) atoms. The summed E-state index contributed by atoms with van der Waals surface area (Å²) in [6, 6.07) is -0.107. The van der Waals surface area contributed by atoms with Crippen LogP contribution in [-0.4, -0.2) is 44.6 Å². The largest absolute Gasteiger partial charge is 0.461 e. The van der Waals surface area contributed by atoms with Crippen LogP contribution in [0.2, 0.25) is 0 Å². The summed E-state index contributed by atoms with van der Waals surface area (Å²) < 4.78 is 28.3. The molecule has 0 bridgehead atoms. The van der Waals surface area contributed by atoms with Gasteiger partial charge in [0.15, 0.2) is 9.84 Å². The molecule has 1 saturated heterocycles. The lowest BCUT2D eigenvalue weighted by atomic mass is 9.71. The van der Waals surface area contributed by atoms with Crippen LogP contribution in [0.4, 0.5) is 0 Å². The van der Waals surface area contributed by atoms with Gasteiger partial charge in [-0.2, -0.15) is 0 Å². The van der Waals surface area contributed by atoms with Crippen molar-refractivity contribution in [2.75, 3.05) is 18.1 Å². The summed E-state index contributed by atoms with van der Waals surface area (Å²) in [6.07, 6.45) is 3.57. The Morgan fingerprint density at radius 1 is 1.33 bits per heavy atom. The van der Waals surface area contributed by atoms with Crippen molar-refractivity contribution in [3.05, 3.63) is 0 Å². The highest BCUT2D eigenvalue weighted by Gasteiger charge is 2.34. The highest BCUT2D eigenvalue weighted by atomic mass is 32.2. The van der Waals surface area contributed by atoms with Crippen LogP contribution >= 0.6 is 0 Å².